The molecule has 0 bridgehead atoms. The van der Waals surface area contributed by atoms with Crippen molar-refractivity contribution in [3.05, 3.63) is 23.8 Å². The molecule has 0 spiro atoms. The van der Waals surface area contributed by atoms with E-state index in [1.54, 1.807) is 26.8 Å². The molecule has 0 aromatic heterocycles. The lowest BCUT2D eigenvalue weighted by molar-refractivity contribution is -0.137. The van der Waals surface area contributed by atoms with Gasteiger partial charge in [0, 0.05) is 6.42 Å². The molecule has 0 unspecified atom stereocenters. The zero-order valence-corrected chi connectivity index (χ0v) is 14.1. The third-order valence-corrected chi connectivity index (χ3v) is 3.05. The minimum atomic E-state index is -0.803. The van der Waals surface area contributed by atoms with E-state index in [1.807, 2.05) is 12.1 Å². The average Bonchev–Trinajstić information content (AvgIpc) is 2.42. The van der Waals surface area contributed by atoms with Crippen LogP contribution in [0.4, 0.5) is 10.5 Å². The van der Waals surface area contributed by atoms with Gasteiger partial charge in [-0.25, -0.2) is 4.79 Å². The number of carboxylic acid groups (broad SMARTS) is 1. The van der Waals surface area contributed by atoms with E-state index in [0.29, 0.717) is 30.7 Å². The number of hydrogen-bond donors (Lipinski definition) is 2. The summed E-state index contributed by atoms with van der Waals surface area (Å²) in [6.45, 7) is 5.38. The molecule has 0 heterocycles. The molecule has 0 aliphatic heterocycles. The molecule has 1 amide bonds. The molecule has 128 valence electrons. The minimum absolute atomic E-state index is 0.138. The van der Waals surface area contributed by atoms with Crippen LogP contribution in [-0.2, 0) is 16.0 Å². The van der Waals surface area contributed by atoms with Crippen LogP contribution in [0.25, 0.3) is 0 Å². The number of aryl methyl sites for hydroxylation is 1. The topological polar surface area (TPSA) is 84.9 Å². The van der Waals surface area contributed by atoms with Crippen LogP contribution < -0.4 is 10.1 Å². The summed E-state index contributed by atoms with van der Waals surface area (Å²) in [7, 11) is 1.53. The van der Waals surface area contributed by atoms with E-state index >= 15 is 0 Å². The first-order valence-electron chi connectivity index (χ1n) is 7.60. The van der Waals surface area contributed by atoms with Crippen LogP contribution in [0.15, 0.2) is 18.2 Å². The Labute approximate surface area is 136 Å². The first kappa shape index (κ1) is 18.8. The molecule has 0 radical (unpaired) electrons. The van der Waals surface area contributed by atoms with Crippen molar-refractivity contribution in [1.29, 1.82) is 0 Å². The SMILES string of the molecule is COc1cccc(CCCCC(=O)O)c1NC(=O)OC(C)(C)C. The summed E-state index contributed by atoms with van der Waals surface area (Å²) in [6.07, 6.45) is 1.53. The second-order valence-electron chi connectivity index (χ2n) is 6.22. The maximum absolute atomic E-state index is 12.0. The Morgan fingerprint density at radius 3 is 2.48 bits per heavy atom. The third-order valence-electron chi connectivity index (χ3n) is 3.05. The Morgan fingerprint density at radius 2 is 1.91 bits per heavy atom. The first-order valence-corrected chi connectivity index (χ1v) is 7.60. The molecule has 0 saturated carbocycles. The zero-order chi connectivity index (χ0) is 17.5. The number of carbonyl (C=O) groups excluding carboxylic acids is 1. The number of hydrogen-bond acceptors (Lipinski definition) is 4. The van der Waals surface area contributed by atoms with Crippen molar-refractivity contribution in [2.75, 3.05) is 12.4 Å². The number of amides is 1. The molecule has 2 N–H and O–H groups in total. The fourth-order valence-corrected chi connectivity index (χ4v) is 2.09. The van der Waals surface area contributed by atoms with Crippen LogP contribution in [0.2, 0.25) is 0 Å². The number of rotatable bonds is 7. The van der Waals surface area contributed by atoms with Crippen LogP contribution in [0, 0.1) is 0 Å². The molecule has 0 fully saturated rings. The molecule has 23 heavy (non-hydrogen) atoms. The smallest absolute Gasteiger partial charge is 0.412 e. The Bertz CT molecular complexity index is 548. The van der Waals surface area contributed by atoms with E-state index in [0.717, 1.165) is 5.56 Å². The van der Waals surface area contributed by atoms with Gasteiger partial charge in [-0.3, -0.25) is 10.1 Å². The van der Waals surface area contributed by atoms with Gasteiger partial charge in [0.2, 0.25) is 0 Å². The van der Waals surface area contributed by atoms with Crippen molar-refractivity contribution in [2.24, 2.45) is 0 Å². The number of benzene rings is 1. The number of unbranched alkanes of at least 4 members (excludes halogenated alkanes) is 1. The number of aliphatic carboxylic acids is 1. The monoisotopic (exact) mass is 323 g/mol. The number of carbonyl (C=O) groups is 2. The van der Waals surface area contributed by atoms with E-state index in [9.17, 15) is 9.59 Å². The first-order chi connectivity index (χ1) is 10.7. The number of anilines is 1. The fourth-order valence-electron chi connectivity index (χ4n) is 2.09. The van der Waals surface area contributed by atoms with Gasteiger partial charge in [-0.05, 0) is 51.7 Å². The third kappa shape index (κ3) is 7.04. The summed E-state index contributed by atoms with van der Waals surface area (Å²) in [6, 6.07) is 5.48. The molecule has 0 aliphatic carbocycles. The van der Waals surface area contributed by atoms with Gasteiger partial charge in [0.15, 0.2) is 0 Å². The van der Waals surface area contributed by atoms with E-state index in [4.69, 9.17) is 14.6 Å². The number of methoxy groups -OCH3 is 1. The van der Waals surface area contributed by atoms with Gasteiger partial charge in [0.25, 0.3) is 0 Å². The highest BCUT2D eigenvalue weighted by molar-refractivity contribution is 5.88. The highest BCUT2D eigenvalue weighted by atomic mass is 16.6. The maximum Gasteiger partial charge on any atom is 0.412 e. The van der Waals surface area contributed by atoms with E-state index < -0.39 is 17.7 Å². The molecule has 1 aromatic carbocycles. The average molecular weight is 323 g/mol. The van der Waals surface area contributed by atoms with Crippen LogP contribution in [0.5, 0.6) is 5.75 Å². The minimum Gasteiger partial charge on any atom is -0.495 e. The van der Waals surface area contributed by atoms with Gasteiger partial charge in [0.05, 0.1) is 12.8 Å². The normalized spacial score (nSPS) is 11.0. The lowest BCUT2D eigenvalue weighted by Crippen LogP contribution is -2.27. The standard InChI is InChI=1S/C17H25NO5/c1-17(2,3)23-16(21)18-15-12(8-5-6-11-14(19)20)9-7-10-13(15)22-4/h7,9-10H,5-6,8,11H2,1-4H3,(H,18,21)(H,19,20). The molecule has 1 rings (SSSR count). The molecule has 6 heteroatoms. The van der Waals surface area contributed by atoms with Gasteiger partial charge in [-0.15, -0.1) is 0 Å². The summed E-state index contributed by atoms with van der Waals surface area (Å²) >= 11 is 0. The van der Waals surface area contributed by atoms with Crippen molar-refractivity contribution in [1.82, 2.24) is 0 Å². The van der Waals surface area contributed by atoms with Gasteiger partial charge in [0.1, 0.15) is 11.4 Å². The van der Waals surface area contributed by atoms with Crippen LogP contribution >= 0.6 is 0 Å². The Hall–Kier alpha value is -2.24. The van der Waals surface area contributed by atoms with Gasteiger partial charge < -0.3 is 14.6 Å². The quantitative estimate of drug-likeness (QED) is 0.745. The number of carboxylic acids is 1. The Balaban J connectivity index is 2.82. The lowest BCUT2D eigenvalue weighted by atomic mass is 10.0. The van der Waals surface area contributed by atoms with Crippen molar-refractivity contribution in [2.45, 2.75) is 52.1 Å². The second-order valence-corrected chi connectivity index (χ2v) is 6.22. The summed E-state index contributed by atoms with van der Waals surface area (Å²) in [4.78, 5) is 22.6. The molecule has 0 saturated heterocycles. The number of para-hydroxylation sites is 1. The fraction of sp³-hybridized carbons (Fsp3) is 0.529. The van der Waals surface area contributed by atoms with Crippen molar-refractivity contribution >= 4 is 17.7 Å². The molecular formula is C17H25NO5. The Kier molecular flexibility index (Phi) is 6.88. The highest BCUT2D eigenvalue weighted by Crippen LogP contribution is 2.30. The second kappa shape index (κ2) is 8.41. The van der Waals surface area contributed by atoms with E-state index in [-0.39, 0.29) is 6.42 Å². The van der Waals surface area contributed by atoms with E-state index in [2.05, 4.69) is 5.32 Å². The largest absolute Gasteiger partial charge is 0.495 e. The zero-order valence-electron chi connectivity index (χ0n) is 14.1. The van der Waals surface area contributed by atoms with Gasteiger partial charge in [-0.2, -0.15) is 0 Å². The summed E-state index contributed by atoms with van der Waals surface area (Å²) < 4.78 is 10.6. The number of nitrogens with one attached hydrogen (secondary N) is 1. The predicted octanol–water partition coefficient (Wildman–Crippen LogP) is 3.84. The molecule has 0 aliphatic rings. The van der Waals surface area contributed by atoms with Crippen molar-refractivity contribution in [3.63, 3.8) is 0 Å². The summed E-state index contributed by atoms with van der Waals surface area (Å²) in [5.41, 5.74) is 0.869. The van der Waals surface area contributed by atoms with Crippen LogP contribution in [-0.4, -0.2) is 29.9 Å². The van der Waals surface area contributed by atoms with Gasteiger partial charge >= 0.3 is 12.1 Å². The van der Waals surface area contributed by atoms with Crippen LogP contribution in [0.1, 0.15) is 45.6 Å². The Morgan fingerprint density at radius 1 is 1.22 bits per heavy atom. The molecule has 1 aromatic rings. The van der Waals surface area contributed by atoms with Crippen molar-refractivity contribution < 1.29 is 24.2 Å². The van der Waals surface area contributed by atoms with E-state index in [1.165, 1.54) is 7.11 Å². The molecular weight excluding hydrogens is 298 g/mol. The lowest BCUT2D eigenvalue weighted by Gasteiger charge is -2.21. The highest BCUT2D eigenvalue weighted by Gasteiger charge is 2.19. The molecule has 0 atom stereocenters. The predicted molar refractivity (Wildman–Crippen MR) is 88.0 cm³/mol. The molecule has 6 nitrogen and oxygen atoms in total. The maximum atomic E-state index is 12.0. The summed E-state index contributed by atoms with van der Waals surface area (Å²) in [5, 5.41) is 11.4. The van der Waals surface area contributed by atoms with Crippen molar-refractivity contribution in [3.8, 4) is 5.75 Å². The summed E-state index contributed by atoms with van der Waals surface area (Å²) in [5.74, 6) is -0.255. The number of ether oxygens (including phenoxy) is 2. The van der Waals surface area contributed by atoms with Gasteiger partial charge in [-0.1, -0.05) is 12.1 Å². The van der Waals surface area contributed by atoms with Crippen LogP contribution in [0.3, 0.4) is 0 Å².